The van der Waals surface area contributed by atoms with Crippen molar-refractivity contribution in [2.75, 3.05) is 45.3 Å². The summed E-state index contributed by atoms with van der Waals surface area (Å²) in [5.41, 5.74) is 4.08. The molecule has 5 rings (SSSR count). The number of pyridine rings is 1. The van der Waals surface area contributed by atoms with E-state index in [9.17, 15) is 9.90 Å². The second-order valence-electron chi connectivity index (χ2n) is 9.96. The number of hydrogen-bond donors (Lipinski definition) is 2. The number of benzene rings is 1. The minimum Gasteiger partial charge on any atom is -0.480 e. The second-order valence-corrected chi connectivity index (χ2v) is 9.96. The maximum Gasteiger partial charge on any atom is 0.325 e. The van der Waals surface area contributed by atoms with Crippen LogP contribution in [0.4, 0.5) is 5.82 Å². The fourth-order valence-corrected chi connectivity index (χ4v) is 5.52. The van der Waals surface area contributed by atoms with Crippen molar-refractivity contribution in [3.05, 3.63) is 53.3 Å². The highest BCUT2D eigenvalue weighted by Crippen LogP contribution is 2.32. The van der Waals surface area contributed by atoms with Gasteiger partial charge in [0.25, 0.3) is 0 Å². The minimum atomic E-state index is -0.848. The fraction of sp³-hybridized carbons (Fsp3) is 0.536. The Hall–Kier alpha value is -3.01. The Morgan fingerprint density at radius 1 is 1.24 bits per heavy atom. The maximum absolute atomic E-state index is 12.5. The lowest BCUT2D eigenvalue weighted by Crippen LogP contribution is -2.34. The van der Waals surface area contributed by atoms with Crippen molar-refractivity contribution in [1.29, 1.82) is 0 Å². The van der Waals surface area contributed by atoms with E-state index in [4.69, 9.17) is 14.5 Å². The number of aromatic nitrogens is 3. The van der Waals surface area contributed by atoms with E-state index in [2.05, 4.69) is 22.5 Å². The Morgan fingerprint density at radius 3 is 3.03 bits per heavy atom. The van der Waals surface area contributed by atoms with Crippen molar-refractivity contribution in [2.45, 2.75) is 57.2 Å². The topological polar surface area (TPSA) is 102 Å². The largest absolute Gasteiger partial charge is 0.480 e. The van der Waals surface area contributed by atoms with Crippen molar-refractivity contribution in [3.63, 3.8) is 0 Å². The molecule has 0 radical (unpaired) electrons. The third-order valence-electron chi connectivity index (χ3n) is 7.40. The Kier molecular flexibility index (Phi) is 8.33. The number of ether oxygens (including phenoxy) is 2. The molecule has 4 heterocycles. The molecule has 2 aliphatic heterocycles. The first-order valence-electron chi connectivity index (χ1n) is 13.4. The van der Waals surface area contributed by atoms with E-state index in [-0.39, 0.29) is 6.10 Å². The number of likely N-dealkylation sites (tertiary alicyclic amines) is 1. The molecule has 2 unspecified atom stereocenters. The molecule has 1 saturated heterocycles. The van der Waals surface area contributed by atoms with Crippen LogP contribution in [0.3, 0.4) is 0 Å². The van der Waals surface area contributed by atoms with Crippen molar-refractivity contribution in [1.82, 2.24) is 19.7 Å². The number of aliphatic carboxylic acids is 1. The highest BCUT2D eigenvalue weighted by atomic mass is 16.5. The summed E-state index contributed by atoms with van der Waals surface area (Å²) in [6, 6.07) is 9.41. The van der Waals surface area contributed by atoms with Crippen molar-refractivity contribution in [2.24, 2.45) is 0 Å². The maximum atomic E-state index is 12.5. The van der Waals surface area contributed by atoms with Gasteiger partial charge in [0.15, 0.2) is 0 Å². The fourth-order valence-electron chi connectivity index (χ4n) is 5.52. The standard InChI is InChI=1S/C28H37N5O4/c1-36-17-15-33-25-21(18-30-33)6-4-9-24(25)26(28(34)35)32-14-12-23(19-32)37-16-3-2-8-22-11-10-20-7-5-13-29-27(20)31-22/h4,6,9-11,18,23,26H,2-3,5,7-8,12-17,19H2,1H3,(H,29,31)(H,34,35). The third-order valence-corrected chi connectivity index (χ3v) is 7.40. The van der Waals surface area contributed by atoms with E-state index in [1.807, 2.05) is 27.8 Å². The number of para-hydroxylation sites is 1. The van der Waals surface area contributed by atoms with Crippen LogP contribution in [0.25, 0.3) is 10.9 Å². The first-order valence-corrected chi connectivity index (χ1v) is 13.4. The van der Waals surface area contributed by atoms with Crippen LogP contribution >= 0.6 is 0 Å². The van der Waals surface area contributed by atoms with Crippen molar-refractivity contribution in [3.8, 4) is 0 Å². The minimum absolute atomic E-state index is 0.0468. The lowest BCUT2D eigenvalue weighted by molar-refractivity contribution is -0.143. The molecule has 2 aromatic heterocycles. The van der Waals surface area contributed by atoms with Gasteiger partial charge in [0.05, 0.1) is 31.0 Å². The van der Waals surface area contributed by atoms with Crippen LogP contribution in [0.2, 0.25) is 0 Å². The quantitative estimate of drug-likeness (QED) is 0.358. The van der Waals surface area contributed by atoms with E-state index in [1.165, 1.54) is 12.0 Å². The Morgan fingerprint density at radius 2 is 2.16 bits per heavy atom. The van der Waals surface area contributed by atoms with Gasteiger partial charge in [0.1, 0.15) is 11.9 Å². The predicted molar refractivity (Wildman–Crippen MR) is 142 cm³/mol. The summed E-state index contributed by atoms with van der Waals surface area (Å²) in [6.07, 6.45) is 7.88. The number of aryl methyl sites for hydroxylation is 2. The van der Waals surface area contributed by atoms with E-state index in [1.54, 1.807) is 13.3 Å². The van der Waals surface area contributed by atoms with Crippen LogP contribution in [0.1, 0.15) is 48.5 Å². The van der Waals surface area contributed by atoms with E-state index in [0.717, 1.165) is 66.6 Å². The van der Waals surface area contributed by atoms with Gasteiger partial charge in [-0.3, -0.25) is 14.4 Å². The molecule has 2 aliphatic rings. The zero-order chi connectivity index (χ0) is 25.6. The number of anilines is 1. The Labute approximate surface area is 217 Å². The van der Waals surface area contributed by atoms with Crippen LogP contribution in [-0.4, -0.2) is 76.8 Å². The van der Waals surface area contributed by atoms with Gasteiger partial charge in [-0.25, -0.2) is 4.98 Å². The number of rotatable bonds is 12. The molecule has 198 valence electrons. The van der Waals surface area contributed by atoms with Crippen LogP contribution in [0, 0.1) is 0 Å². The average molecular weight is 508 g/mol. The molecule has 0 spiro atoms. The first kappa shape index (κ1) is 25.6. The summed E-state index contributed by atoms with van der Waals surface area (Å²) in [4.78, 5) is 19.3. The zero-order valence-corrected chi connectivity index (χ0v) is 21.6. The first-order chi connectivity index (χ1) is 18.1. The molecular formula is C28H37N5O4. The van der Waals surface area contributed by atoms with Crippen LogP contribution in [0.15, 0.2) is 36.5 Å². The number of methoxy groups -OCH3 is 1. The summed E-state index contributed by atoms with van der Waals surface area (Å²) in [5.74, 6) is 0.205. The van der Waals surface area contributed by atoms with Gasteiger partial charge in [-0.15, -0.1) is 0 Å². The number of carbonyl (C=O) groups is 1. The number of fused-ring (bicyclic) bond motifs is 2. The summed E-state index contributed by atoms with van der Waals surface area (Å²) in [7, 11) is 1.65. The number of nitrogens with zero attached hydrogens (tertiary/aromatic N) is 4. The normalized spacial score (nSPS) is 18.6. The molecule has 9 heteroatoms. The highest BCUT2D eigenvalue weighted by Gasteiger charge is 2.35. The monoisotopic (exact) mass is 507 g/mol. The molecule has 0 aliphatic carbocycles. The second kappa shape index (κ2) is 12.0. The van der Waals surface area contributed by atoms with Gasteiger partial charge in [-0.05, 0) is 50.2 Å². The molecule has 3 aromatic rings. The summed E-state index contributed by atoms with van der Waals surface area (Å²) >= 11 is 0. The van der Waals surface area contributed by atoms with Crippen molar-refractivity contribution >= 4 is 22.7 Å². The van der Waals surface area contributed by atoms with E-state index in [0.29, 0.717) is 32.8 Å². The van der Waals surface area contributed by atoms with Crippen LogP contribution in [0.5, 0.6) is 0 Å². The number of carboxylic acids is 1. The summed E-state index contributed by atoms with van der Waals surface area (Å²) in [5, 5.41) is 19.0. The van der Waals surface area contributed by atoms with E-state index >= 15 is 0 Å². The lowest BCUT2D eigenvalue weighted by atomic mass is 10.0. The molecule has 0 bridgehead atoms. The molecule has 0 amide bonds. The van der Waals surface area contributed by atoms with Gasteiger partial charge in [-0.2, -0.15) is 5.10 Å². The number of carboxylic acid groups (broad SMARTS) is 1. The molecule has 37 heavy (non-hydrogen) atoms. The van der Waals surface area contributed by atoms with Crippen molar-refractivity contribution < 1.29 is 19.4 Å². The number of unbranched alkanes of at least 4 members (excludes halogenated alkanes) is 1. The SMILES string of the molecule is COCCn1ncc2cccc(C(C(=O)O)N3CCC(OCCCCc4ccc5c(n4)NCCC5)C3)c21. The molecule has 2 atom stereocenters. The number of nitrogens with one attached hydrogen (secondary N) is 1. The van der Waals surface area contributed by atoms with Gasteiger partial charge in [0, 0.05) is 50.0 Å². The molecule has 2 N–H and O–H groups in total. The highest BCUT2D eigenvalue weighted by molar-refractivity contribution is 5.88. The van der Waals surface area contributed by atoms with Gasteiger partial charge < -0.3 is 19.9 Å². The molecular weight excluding hydrogens is 470 g/mol. The van der Waals surface area contributed by atoms with Gasteiger partial charge in [-0.1, -0.05) is 24.3 Å². The zero-order valence-electron chi connectivity index (χ0n) is 21.6. The summed E-state index contributed by atoms with van der Waals surface area (Å²) in [6.45, 7) is 4.08. The summed E-state index contributed by atoms with van der Waals surface area (Å²) < 4.78 is 13.2. The molecule has 1 fully saturated rings. The molecule has 9 nitrogen and oxygen atoms in total. The Bertz CT molecular complexity index is 1210. The van der Waals surface area contributed by atoms with Gasteiger partial charge in [0.2, 0.25) is 0 Å². The Balaban J connectivity index is 1.14. The van der Waals surface area contributed by atoms with Crippen LogP contribution in [-0.2, 0) is 33.7 Å². The molecule has 1 aromatic carbocycles. The smallest absolute Gasteiger partial charge is 0.325 e. The predicted octanol–water partition coefficient (Wildman–Crippen LogP) is 3.68. The van der Waals surface area contributed by atoms with E-state index < -0.39 is 12.0 Å². The third kappa shape index (κ3) is 5.95. The lowest BCUT2D eigenvalue weighted by Gasteiger charge is -2.25. The van der Waals surface area contributed by atoms with Crippen LogP contribution < -0.4 is 5.32 Å². The molecule has 0 saturated carbocycles. The van der Waals surface area contributed by atoms with Gasteiger partial charge >= 0.3 is 5.97 Å². The average Bonchev–Trinajstić information content (AvgIpc) is 3.55. The number of hydrogen-bond acceptors (Lipinski definition) is 7.